The SMILES string of the molecule is CCOC(=O)c1c(-c2ccccc2)[nH]c(O)c1N=Nc1ccc([N+](=O)[O-])cc1[N+](=O)[O-]. The van der Waals surface area contributed by atoms with Crippen LogP contribution in [-0.4, -0.2) is 32.5 Å². The molecular formula is C19H15N5O7. The van der Waals surface area contributed by atoms with Crippen LogP contribution in [0.5, 0.6) is 5.88 Å². The molecule has 0 radical (unpaired) electrons. The van der Waals surface area contributed by atoms with Gasteiger partial charge in [0.15, 0.2) is 11.4 Å². The highest BCUT2D eigenvalue weighted by Crippen LogP contribution is 2.40. The van der Waals surface area contributed by atoms with E-state index in [0.29, 0.717) is 5.56 Å². The number of H-pyrrole nitrogens is 1. The minimum Gasteiger partial charge on any atom is -0.493 e. The van der Waals surface area contributed by atoms with Crippen molar-refractivity contribution < 1.29 is 24.5 Å². The number of carbonyl (C=O) groups excluding carboxylic acids is 1. The van der Waals surface area contributed by atoms with E-state index < -0.39 is 33.1 Å². The molecule has 0 bridgehead atoms. The number of hydrogen-bond donors (Lipinski definition) is 2. The molecule has 12 heteroatoms. The zero-order valence-electron chi connectivity index (χ0n) is 16.0. The molecule has 12 nitrogen and oxygen atoms in total. The average Bonchev–Trinajstić information content (AvgIpc) is 3.09. The van der Waals surface area contributed by atoms with Crippen LogP contribution in [0.25, 0.3) is 11.3 Å². The highest BCUT2D eigenvalue weighted by molar-refractivity contribution is 6.03. The van der Waals surface area contributed by atoms with Gasteiger partial charge in [-0.1, -0.05) is 30.3 Å². The monoisotopic (exact) mass is 425 g/mol. The highest BCUT2D eigenvalue weighted by atomic mass is 16.6. The van der Waals surface area contributed by atoms with Crippen LogP contribution in [0.2, 0.25) is 0 Å². The largest absolute Gasteiger partial charge is 0.493 e. The second kappa shape index (κ2) is 8.82. The summed E-state index contributed by atoms with van der Waals surface area (Å²) in [6.45, 7) is 1.66. The summed E-state index contributed by atoms with van der Waals surface area (Å²) < 4.78 is 5.05. The van der Waals surface area contributed by atoms with Crippen molar-refractivity contribution in [3.8, 4) is 17.1 Å². The fourth-order valence-corrected chi connectivity index (χ4v) is 2.76. The first-order valence-electron chi connectivity index (χ1n) is 8.85. The van der Waals surface area contributed by atoms with Gasteiger partial charge in [0.1, 0.15) is 5.56 Å². The molecule has 1 heterocycles. The van der Waals surface area contributed by atoms with Crippen molar-refractivity contribution in [1.29, 1.82) is 0 Å². The Bertz CT molecular complexity index is 1190. The summed E-state index contributed by atoms with van der Waals surface area (Å²) in [5.41, 5.74) is -1.06. The van der Waals surface area contributed by atoms with Gasteiger partial charge in [-0.05, 0) is 18.6 Å². The van der Waals surface area contributed by atoms with Crippen molar-refractivity contribution in [2.45, 2.75) is 6.92 Å². The fraction of sp³-hybridized carbons (Fsp3) is 0.105. The maximum atomic E-state index is 12.5. The molecule has 3 rings (SSSR count). The Kier molecular flexibility index (Phi) is 6.00. The van der Waals surface area contributed by atoms with Crippen LogP contribution in [-0.2, 0) is 4.74 Å². The number of aromatic hydroxyl groups is 1. The first-order chi connectivity index (χ1) is 14.8. The molecule has 0 aliphatic heterocycles. The number of nitrogens with zero attached hydrogens (tertiary/aromatic N) is 4. The van der Waals surface area contributed by atoms with E-state index in [1.54, 1.807) is 37.3 Å². The van der Waals surface area contributed by atoms with Crippen LogP contribution in [0.15, 0.2) is 58.8 Å². The summed E-state index contributed by atoms with van der Waals surface area (Å²) >= 11 is 0. The van der Waals surface area contributed by atoms with Gasteiger partial charge in [-0.25, -0.2) is 4.79 Å². The van der Waals surface area contributed by atoms with Gasteiger partial charge in [-0.2, -0.15) is 0 Å². The van der Waals surface area contributed by atoms with Crippen molar-refractivity contribution in [3.05, 3.63) is 74.3 Å². The molecule has 0 saturated heterocycles. The summed E-state index contributed by atoms with van der Waals surface area (Å²) in [5, 5.41) is 40.0. The third-order valence-electron chi connectivity index (χ3n) is 4.12. The normalized spacial score (nSPS) is 10.9. The van der Waals surface area contributed by atoms with Crippen LogP contribution in [0.1, 0.15) is 17.3 Å². The number of esters is 1. The lowest BCUT2D eigenvalue weighted by molar-refractivity contribution is -0.393. The lowest BCUT2D eigenvalue weighted by atomic mass is 10.1. The lowest BCUT2D eigenvalue weighted by Gasteiger charge is -2.04. The summed E-state index contributed by atoms with van der Waals surface area (Å²) in [6, 6.07) is 11.4. The van der Waals surface area contributed by atoms with Crippen LogP contribution in [0, 0.1) is 20.2 Å². The van der Waals surface area contributed by atoms with E-state index in [9.17, 15) is 30.1 Å². The van der Waals surface area contributed by atoms with Gasteiger partial charge in [-0.15, -0.1) is 10.2 Å². The van der Waals surface area contributed by atoms with E-state index in [-0.39, 0.29) is 29.2 Å². The van der Waals surface area contributed by atoms with E-state index in [1.807, 2.05) is 0 Å². The maximum Gasteiger partial charge on any atom is 0.342 e. The molecule has 3 aromatic rings. The quantitative estimate of drug-likeness (QED) is 0.237. The van der Waals surface area contributed by atoms with Crippen molar-refractivity contribution in [2.24, 2.45) is 10.2 Å². The molecule has 2 N–H and O–H groups in total. The number of carbonyl (C=O) groups is 1. The molecule has 0 aliphatic rings. The van der Waals surface area contributed by atoms with E-state index in [1.165, 1.54) is 0 Å². The smallest absolute Gasteiger partial charge is 0.342 e. The number of non-ortho nitro benzene ring substituents is 1. The number of benzene rings is 2. The molecular weight excluding hydrogens is 410 g/mol. The Morgan fingerprint density at radius 1 is 1.10 bits per heavy atom. The van der Waals surface area contributed by atoms with Crippen LogP contribution >= 0.6 is 0 Å². The predicted molar refractivity (Wildman–Crippen MR) is 108 cm³/mol. The molecule has 2 aromatic carbocycles. The minimum absolute atomic E-state index is 0.0589. The van der Waals surface area contributed by atoms with Crippen LogP contribution in [0.4, 0.5) is 22.7 Å². The Balaban J connectivity index is 2.13. The molecule has 0 unspecified atom stereocenters. The minimum atomic E-state index is -0.847. The summed E-state index contributed by atoms with van der Waals surface area (Å²) in [7, 11) is 0. The molecule has 1 aromatic heterocycles. The molecule has 31 heavy (non-hydrogen) atoms. The fourth-order valence-electron chi connectivity index (χ4n) is 2.76. The average molecular weight is 425 g/mol. The molecule has 0 aliphatic carbocycles. The topological polar surface area (TPSA) is 173 Å². The van der Waals surface area contributed by atoms with Gasteiger partial charge < -0.3 is 14.8 Å². The number of hydrogen-bond acceptors (Lipinski definition) is 9. The maximum absolute atomic E-state index is 12.5. The van der Waals surface area contributed by atoms with Crippen molar-refractivity contribution in [1.82, 2.24) is 4.98 Å². The second-order valence-corrected chi connectivity index (χ2v) is 6.05. The number of ether oxygens (including phenoxy) is 1. The first-order valence-corrected chi connectivity index (χ1v) is 8.85. The van der Waals surface area contributed by atoms with Gasteiger partial charge in [0.05, 0.1) is 28.2 Å². The molecule has 0 fully saturated rings. The first kappa shape index (κ1) is 21.1. The molecule has 158 valence electrons. The number of rotatable bonds is 7. The molecule has 0 spiro atoms. The van der Waals surface area contributed by atoms with E-state index >= 15 is 0 Å². The molecule has 0 saturated carbocycles. The highest BCUT2D eigenvalue weighted by Gasteiger charge is 2.26. The van der Waals surface area contributed by atoms with Gasteiger partial charge in [0.2, 0.25) is 5.88 Å². The predicted octanol–water partition coefficient (Wildman–Crippen LogP) is 4.80. The van der Waals surface area contributed by atoms with Crippen LogP contribution in [0.3, 0.4) is 0 Å². The Morgan fingerprint density at radius 2 is 1.81 bits per heavy atom. The van der Waals surface area contributed by atoms with Crippen molar-refractivity contribution >= 4 is 28.7 Å². The Hall–Kier alpha value is -4.61. The summed E-state index contributed by atoms with van der Waals surface area (Å²) in [4.78, 5) is 35.7. The van der Waals surface area contributed by atoms with Gasteiger partial charge >= 0.3 is 11.7 Å². The van der Waals surface area contributed by atoms with Gasteiger partial charge in [0, 0.05) is 6.07 Å². The molecule has 0 amide bonds. The zero-order chi connectivity index (χ0) is 22.5. The number of nitro benzene ring substituents is 2. The van der Waals surface area contributed by atoms with Crippen molar-refractivity contribution in [2.75, 3.05) is 6.61 Å². The Labute approximate surface area is 174 Å². The lowest BCUT2D eigenvalue weighted by Crippen LogP contribution is -2.05. The summed E-state index contributed by atoms with van der Waals surface area (Å²) in [6.07, 6.45) is 0. The van der Waals surface area contributed by atoms with Gasteiger partial charge in [0.25, 0.3) is 5.69 Å². The Morgan fingerprint density at radius 3 is 2.42 bits per heavy atom. The van der Waals surface area contributed by atoms with Crippen LogP contribution < -0.4 is 0 Å². The number of aromatic nitrogens is 1. The van der Waals surface area contributed by atoms with E-state index in [4.69, 9.17) is 4.74 Å². The molecule has 0 atom stereocenters. The third kappa shape index (κ3) is 4.37. The number of aromatic amines is 1. The number of nitro groups is 2. The number of nitrogens with one attached hydrogen (secondary N) is 1. The van der Waals surface area contributed by atoms with E-state index in [0.717, 1.165) is 18.2 Å². The van der Waals surface area contributed by atoms with E-state index in [2.05, 4.69) is 15.2 Å². The standard InChI is InChI=1S/C19H15N5O7/c1-2-31-19(26)15-16(11-6-4-3-5-7-11)20-18(25)17(15)22-21-13-9-8-12(23(27)28)10-14(13)24(29)30/h3-10,20,25H,2H2,1H3. The number of azo groups is 1. The third-order valence-corrected chi connectivity index (χ3v) is 4.12. The zero-order valence-corrected chi connectivity index (χ0v) is 16.0. The van der Waals surface area contributed by atoms with Crippen molar-refractivity contribution in [3.63, 3.8) is 0 Å². The summed E-state index contributed by atoms with van der Waals surface area (Å²) in [5.74, 6) is -1.29. The van der Waals surface area contributed by atoms with Gasteiger partial charge in [-0.3, -0.25) is 20.2 Å². The second-order valence-electron chi connectivity index (χ2n) is 6.05.